The molecule has 2 unspecified atom stereocenters. The van der Waals surface area contributed by atoms with Crippen LogP contribution in [0, 0.1) is 0 Å². The molecule has 0 bridgehead atoms. The van der Waals surface area contributed by atoms with Gasteiger partial charge in [0.1, 0.15) is 0 Å². The Labute approximate surface area is 111 Å². The summed E-state index contributed by atoms with van der Waals surface area (Å²) < 4.78 is 5.38. The molecule has 0 aliphatic carbocycles. The van der Waals surface area contributed by atoms with Gasteiger partial charge in [-0.15, -0.1) is 0 Å². The summed E-state index contributed by atoms with van der Waals surface area (Å²) in [7, 11) is 0. The summed E-state index contributed by atoms with van der Waals surface area (Å²) >= 11 is 0. The topological polar surface area (TPSA) is 96.0 Å². The molecule has 2 rings (SSSR count). The van der Waals surface area contributed by atoms with Crippen molar-refractivity contribution >= 4 is 11.6 Å². The van der Waals surface area contributed by atoms with Crippen molar-refractivity contribution in [1.29, 1.82) is 0 Å². The zero-order chi connectivity index (χ0) is 14.0. The third kappa shape index (κ3) is 2.64. The number of phenols is 1. The van der Waals surface area contributed by atoms with Crippen molar-refractivity contribution in [2.24, 2.45) is 0 Å². The number of anilines is 1. The van der Waals surface area contributed by atoms with Crippen LogP contribution in [0.25, 0.3) is 0 Å². The van der Waals surface area contributed by atoms with Crippen LogP contribution < -0.4 is 5.73 Å². The number of nitrogens with zero attached hydrogens (tertiary/aromatic N) is 1. The minimum absolute atomic E-state index is 0.115. The molecule has 2 atom stereocenters. The number of hydrogen-bond acceptors (Lipinski definition) is 5. The lowest BCUT2D eigenvalue weighted by atomic mass is 10.1. The van der Waals surface area contributed by atoms with E-state index in [0.717, 1.165) is 0 Å². The highest BCUT2D eigenvalue weighted by atomic mass is 16.5. The highest BCUT2D eigenvalue weighted by Gasteiger charge is 2.31. The number of aliphatic hydroxyl groups excluding tert-OH is 1. The molecule has 4 N–H and O–H groups in total. The first-order valence-corrected chi connectivity index (χ1v) is 6.15. The highest BCUT2D eigenvalue weighted by molar-refractivity contribution is 5.98. The molecule has 6 heteroatoms. The number of phenolic OH excluding ortho intramolecular Hbond substituents is 1. The van der Waals surface area contributed by atoms with Gasteiger partial charge < -0.3 is 25.6 Å². The molecule has 104 valence electrons. The number of nitrogens with two attached hydrogens (primary N) is 1. The molecule has 1 amide bonds. The maximum absolute atomic E-state index is 12.4. The zero-order valence-electron chi connectivity index (χ0n) is 10.7. The van der Waals surface area contributed by atoms with E-state index in [0.29, 0.717) is 13.2 Å². The number of rotatable bonds is 2. The highest BCUT2D eigenvalue weighted by Crippen LogP contribution is 2.27. The number of para-hydroxylation sites is 1. The average Bonchev–Trinajstić information content (AvgIpc) is 2.42. The molecule has 0 aromatic heterocycles. The number of nitrogen functional groups attached to an aromatic ring is 1. The Morgan fingerprint density at radius 2 is 2.32 bits per heavy atom. The zero-order valence-corrected chi connectivity index (χ0v) is 10.7. The van der Waals surface area contributed by atoms with Crippen molar-refractivity contribution in [1.82, 2.24) is 4.90 Å². The van der Waals surface area contributed by atoms with Gasteiger partial charge >= 0.3 is 0 Å². The predicted octanol–water partition coefficient (Wildman–Crippen LogP) is 0.196. The fraction of sp³-hybridized carbons (Fsp3) is 0.462. The molecule has 1 aliphatic rings. The molecule has 1 aliphatic heterocycles. The summed E-state index contributed by atoms with van der Waals surface area (Å²) in [5, 5.41) is 19.0. The Hall–Kier alpha value is -1.79. The number of morpholine rings is 1. The second-order valence-electron chi connectivity index (χ2n) is 4.69. The van der Waals surface area contributed by atoms with Crippen LogP contribution in [0.5, 0.6) is 5.75 Å². The average molecular weight is 266 g/mol. The maximum atomic E-state index is 12.4. The van der Waals surface area contributed by atoms with E-state index < -0.39 is 0 Å². The normalized spacial score (nSPS) is 23.4. The van der Waals surface area contributed by atoms with Crippen LogP contribution >= 0.6 is 0 Å². The van der Waals surface area contributed by atoms with Crippen molar-refractivity contribution in [3.63, 3.8) is 0 Å². The molecule has 1 heterocycles. The summed E-state index contributed by atoms with van der Waals surface area (Å²) in [5.74, 6) is -0.509. The monoisotopic (exact) mass is 266 g/mol. The fourth-order valence-electron chi connectivity index (χ4n) is 2.10. The van der Waals surface area contributed by atoms with E-state index in [1.807, 2.05) is 6.92 Å². The molecule has 0 spiro atoms. The SMILES string of the molecule is CC1COC(CO)CN1C(=O)c1cccc(N)c1O. The van der Waals surface area contributed by atoms with Gasteiger partial charge in [-0.05, 0) is 19.1 Å². The summed E-state index contributed by atoms with van der Waals surface area (Å²) in [6.07, 6.45) is -0.386. The molecule has 19 heavy (non-hydrogen) atoms. The van der Waals surface area contributed by atoms with Gasteiger partial charge in [0.25, 0.3) is 5.91 Å². The summed E-state index contributed by atoms with van der Waals surface area (Å²) in [6, 6.07) is 4.57. The first kappa shape index (κ1) is 13.6. The molecule has 6 nitrogen and oxygen atoms in total. The number of ether oxygens (including phenoxy) is 1. The fourth-order valence-corrected chi connectivity index (χ4v) is 2.10. The number of carbonyl (C=O) groups excluding carboxylic acids is 1. The molecule has 1 saturated heterocycles. The predicted molar refractivity (Wildman–Crippen MR) is 69.8 cm³/mol. The van der Waals surface area contributed by atoms with E-state index >= 15 is 0 Å². The first-order valence-electron chi connectivity index (χ1n) is 6.15. The van der Waals surface area contributed by atoms with Crippen LogP contribution in [0.3, 0.4) is 0 Å². The van der Waals surface area contributed by atoms with Gasteiger partial charge in [-0.3, -0.25) is 4.79 Å². The number of benzene rings is 1. The van der Waals surface area contributed by atoms with Crippen LogP contribution in [-0.2, 0) is 4.74 Å². The van der Waals surface area contributed by atoms with Crippen molar-refractivity contribution < 1.29 is 19.7 Å². The lowest BCUT2D eigenvalue weighted by molar-refractivity contribution is -0.0667. The van der Waals surface area contributed by atoms with Crippen molar-refractivity contribution in [2.45, 2.75) is 19.1 Å². The first-order chi connectivity index (χ1) is 9.04. The van der Waals surface area contributed by atoms with Gasteiger partial charge in [0, 0.05) is 6.54 Å². The number of aromatic hydroxyl groups is 1. The van der Waals surface area contributed by atoms with Crippen molar-refractivity contribution in [3.05, 3.63) is 23.8 Å². The van der Waals surface area contributed by atoms with Gasteiger partial charge in [0.15, 0.2) is 5.75 Å². The lowest BCUT2D eigenvalue weighted by Crippen LogP contribution is -2.52. The van der Waals surface area contributed by atoms with Crippen LogP contribution in [0.1, 0.15) is 17.3 Å². The second kappa shape index (κ2) is 5.46. The number of aliphatic hydroxyl groups is 1. The van der Waals surface area contributed by atoms with Gasteiger partial charge in [0.2, 0.25) is 0 Å². The maximum Gasteiger partial charge on any atom is 0.258 e. The second-order valence-corrected chi connectivity index (χ2v) is 4.69. The number of hydrogen-bond donors (Lipinski definition) is 3. The quantitative estimate of drug-likeness (QED) is 0.525. The molecular weight excluding hydrogens is 248 g/mol. The van der Waals surface area contributed by atoms with E-state index in [9.17, 15) is 9.90 Å². The van der Waals surface area contributed by atoms with Crippen LogP contribution in [0.4, 0.5) is 5.69 Å². The lowest BCUT2D eigenvalue weighted by Gasteiger charge is -2.37. The Morgan fingerprint density at radius 3 is 3.00 bits per heavy atom. The third-order valence-corrected chi connectivity index (χ3v) is 3.27. The van der Waals surface area contributed by atoms with Crippen LogP contribution in [0.2, 0.25) is 0 Å². The number of amides is 1. The summed E-state index contributed by atoms with van der Waals surface area (Å²) in [5.41, 5.74) is 5.93. The Morgan fingerprint density at radius 1 is 1.58 bits per heavy atom. The Balaban J connectivity index is 2.24. The Kier molecular flexibility index (Phi) is 3.92. The summed E-state index contributed by atoms with van der Waals surface area (Å²) in [6.45, 7) is 2.37. The van der Waals surface area contributed by atoms with Crippen molar-refractivity contribution in [3.8, 4) is 5.75 Å². The van der Waals surface area contributed by atoms with Crippen LogP contribution in [-0.4, -0.2) is 52.9 Å². The molecule has 1 fully saturated rings. The van der Waals surface area contributed by atoms with E-state index in [1.54, 1.807) is 11.0 Å². The van der Waals surface area contributed by atoms with Crippen molar-refractivity contribution in [2.75, 3.05) is 25.5 Å². The molecule has 0 saturated carbocycles. The van der Waals surface area contributed by atoms with Gasteiger partial charge in [0.05, 0.1) is 36.6 Å². The number of carbonyl (C=O) groups is 1. The molecular formula is C13H18N2O4. The largest absolute Gasteiger partial charge is 0.505 e. The van der Waals surface area contributed by atoms with E-state index in [4.69, 9.17) is 15.6 Å². The van der Waals surface area contributed by atoms with Gasteiger partial charge in [-0.2, -0.15) is 0 Å². The van der Waals surface area contributed by atoms with E-state index in [-0.39, 0.29) is 41.7 Å². The van der Waals surface area contributed by atoms with Crippen LogP contribution in [0.15, 0.2) is 18.2 Å². The molecule has 1 aromatic carbocycles. The Bertz CT molecular complexity index is 478. The summed E-state index contributed by atoms with van der Waals surface area (Å²) in [4.78, 5) is 14.0. The van der Waals surface area contributed by atoms with E-state index in [2.05, 4.69) is 0 Å². The third-order valence-electron chi connectivity index (χ3n) is 3.27. The molecule has 0 radical (unpaired) electrons. The van der Waals surface area contributed by atoms with Gasteiger partial charge in [-0.1, -0.05) is 6.07 Å². The standard InChI is InChI=1S/C13H18N2O4/c1-8-7-19-9(6-16)5-15(8)13(18)10-3-2-4-11(14)12(10)17/h2-4,8-9,16-17H,5-7,14H2,1H3. The van der Waals surface area contributed by atoms with E-state index in [1.165, 1.54) is 12.1 Å². The van der Waals surface area contributed by atoms with Gasteiger partial charge in [-0.25, -0.2) is 0 Å². The minimum Gasteiger partial charge on any atom is -0.505 e. The minimum atomic E-state index is -0.386. The molecule has 1 aromatic rings. The smallest absolute Gasteiger partial charge is 0.258 e.